The van der Waals surface area contributed by atoms with Crippen LogP contribution in [0.2, 0.25) is 0 Å². The molecule has 0 bridgehead atoms. The van der Waals surface area contributed by atoms with Crippen molar-refractivity contribution in [1.29, 1.82) is 0 Å². The lowest BCUT2D eigenvalue weighted by Gasteiger charge is -2.35. The molecule has 3 rings (SSSR count). The van der Waals surface area contributed by atoms with Crippen LogP contribution in [-0.2, 0) is 4.79 Å². The molecule has 0 aromatic heterocycles. The standard InChI is InChI=1S/C20H21FN2O3S/c21-17-6-1-2-7-18(17)27-13-8-19(25)22-9-11-23(12-10-22)20(26)15-4-3-5-16(24)14-15/h1-7,14,24H,8-13H2. The molecular weight excluding hydrogens is 367 g/mol. The van der Waals surface area contributed by atoms with Gasteiger partial charge < -0.3 is 14.9 Å². The predicted molar refractivity (Wildman–Crippen MR) is 102 cm³/mol. The molecule has 27 heavy (non-hydrogen) atoms. The molecule has 7 heteroatoms. The minimum Gasteiger partial charge on any atom is -0.508 e. The van der Waals surface area contributed by atoms with Crippen molar-refractivity contribution >= 4 is 23.6 Å². The molecule has 1 aliphatic rings. The number of piperazine rings is 1. The summed E-state index contributed by atoms with van der Waals surface area (Å²) in [6, 6.07) is 12.8. The van der Waals surface area contributed by atoms with Crippen molar-refractivity contribution in [2.45, 2.75) is 11.3 Å². The molecule has 0 atom stereocenters. The Morgan fingerprint density at radius 1 is 1.00 bits per heavy atom. The number of aromatic hydroxyl groups is 1. The van der Waals surface area contributed by atoms with Gasteiger partial charge in [0.25, 0.3) is 5.91 Å². The summed E-state index contributed by atoms with van der Waals surface area (Å²) < 4.78 is 13.6. The summed E-state index contributed by atoms with van der Waals surface area (Å²) in [6.45, 7) is 1.88. The third kappa shape index (κ3) is 5.01. The maximum absolute atomic E-state index is 13.6. The van der Waals surface area contributed by atoms with E-state index in [1.807, 2.05) is 0 Å². The van der Waals surface area contributed by atoms with E-state index < -0.39 is 0 Å². The van der Waals surface area contributed by atoms with Crippen molar-refractivity contribution in [3.05, 3.63) is 59.9 Å². The molecule has 0 saturated carbocycles. The molecule has 1 fully saturated rings. The summed E-state index contributed by atoms with van der Waals surface area (Å²) in [5, 5.41) is 9.51. The van der Waals surface area contributed by atoms with Crippen LogP contribution < -0.4 is 0 Å². The Morgan fingerprint density at radius 3 is 2.41 bits per heavy atom. The Balaban J connectivity index is 1.45. The van der Waals surface area contributed by atoms with E-state index in [0.717, 1.165) is 0 Å². The van der Waals surface area contributed by atoms with Crippen molar-refractivity contribution in [2.24, 2.45) is 0 Å². The smallest absolute Gasteiger partial charge is 0.254 e. The Kier molecular flexibility index (Phi) is 6.34. The second kappa shape index (κ2) is 8.90. The summed E-state index contributed by atoms with van der Waals surface area (Å²) in [7, 11) is 0. The zero-order chi connectivity index (χ0) is 19.2. The maximum Gasteiger partial charge on any atom is 0.254 e. The van der Waals surface area contributed by atoms with Gasteiger partial charge in [0.15, 0.2) is 0 Å². The minimum absolute atomic E-state index is 0.0169. The number of nitrogens with zero attached hydrogens (tertiary/aromatic N) is 2. The average Bonchev–Trinajstić information content (AvgIpc) is 2.69. The first kappa shape index (κ1) is 19.2. The molecule has 0 unspecified atom stereocenters. The number of amides is 2. The fraction of sp³-hybridized carbons (Fsp3) is 0.300. The van der Waals surface area contributed by atoms with E-state index in [0.29, 0.717) is 48.8 Å². The second-order valence-corrected chi connectivity index (χ2v) is 7.39. The van der Waals surface area contributed by atoms with Crippen LogP contribution in [0.3, 0.4) is 0 Å². The molecule has 1 aliphatic heterocycles. The average molecular weight is 388 g/mol. The summed E-state index contributed by atoms with van der Waals surface area (Å²) in [6.07, 6.45) is 0.333. The van der Waals surface area contributed by atoms with Gasteiger partial charge in [-0.3, -0.25) is 9.59 Å². The fourth-order valence-electron chi connectivity index (χ4n) is 2.95. The molecule has 1 saturated heterocycles. The molecule has 0 spiro atoms. The number of carbonyl (C=O) groups is 2. The van der Waals surface area contributed by atoms with Gasteiger partial charge in [-0.2, -0.15) is 0 Å². The van der Waals surface area contributed by atoms with E-state index in [9.17, 15) is 19.1 Å². The zero-order valence-electron chi connectivity index (χ0n) is 14.8. The summed E-state index contributed by atoms with van der Waals surface area (Å²) in [4.78, 5) is 28.8. The van der Waals surface area contributed by atoms with E-state index in [1.165, 1.54) is 30.0 Å². The lowest BCUT2D eigenvalue weighted by atomic mass is 10.1. The van der Waals surface area contributed by atoms with Gasteiger partial charge in [0.1, 0.15) is 11.6 Å². The van der Waals surface area contributed by atoms with Crippen LogP contribution in [0.15, 0.2) is 53.4 Å². The van der Waals surface area contributed by atoms with Gasteiger partial charge in [0.2, 0.25) is 5.91 Å². The van der Waals surface area contributed by atoms with Crippen molar-refractivity contribution in [3.8, 4) is 5.75 Å². The molecule has 0 radical (unpaired) electrons. The van der Waals surface area contributed by atoms with Crippen molar-refractivity contribution in [1.82, 2.24) is 9.80 Å². The van der Waals surface area contributed by atoms with E-state index in [2.05, 4.69) is 0 Å². The van der Waals surface area contributed by atoms with Gasteiger partial charge in [-0.25, -0.2) is 4.39 Å². The predicted octanol–water partition coefficient (Wildman–Crippen LogP) is 3.00. The van der Waals surface area contributed by atoms with Crippen molar-refractivity contribution < 1.29 is 19.1 Å². The highest BCUT2D eigenvalue weighted by Crippen LogP contribution is 2.22. The lowest BCUT2D eigenvalue weighted by molar-refractivity contribution is -0.132. The Labute approximate surface area is 161 Å². The van der Waals surface area contributed by atoms with E-state index in [-0.39, 0.29) is 23.4 Å². The Bertz CT molecular complexity index is 822. The molecule has 5 nitrogen and oxygen atoms in total. The quantitative estimate of drug-likeness (QED) is 0.800. The summed E-state index contributed by atoms with van der Waals surface area (Å²) in [5.41, 5.74) is 0.441. The largest absolute Gasteiger partial charge is 0.508 e. The fourth-order valence-corrected chi connectivity index (χ4v) is 3.83. The minimum atomic E-state index is -0.269. The molecular formula is C20H21FN2O3S. The molecule has 142 valence electrons. The van der Waals surface area contributed by atoms with Crippen LogP contribution in [0.25, 0.3) is 0 Å². The molecule has 2 aromatic carbocycles. The number of thioether (sulfide) groups is 1. The highest BCUT2D eigenvalue weighted by molar-refractivity contribution is 7.99. The molecule has 1 N–H and O–H groups in total. The first-order chi connectivity index (χ1) is 13.0. The number of phenolic OH excluding ortho intramolecular Hbond substituents is 1. The van der Waals surface area contributed by atoms with Crippen LogP contribution in [-0.4, -0.2) is 58.7 Å². The molecule has 1 heterocycles. The van der Waals surface area contributed by atoms with Gasteiger partial charge in [-0.05, 0) is 30.3 Å². The number of hydrogen-bond acceptors (Lipinski definition) is 4. The normalized spacial score (nSPS) is 14.3. The van der Waals surface area contributed by atoms with E-state index in [4.69, 9.17) is 0 Å². The topological polar surface area (TPSA) is 60.9 Å². The van der Waals surface area contributed by atoms with Crippen LogP contribution in [0.5, 0.6) is 5.75 Å². The highest BCUT2D eigenvalue weighted by atomic mass is 32.2. The van der Waals surface area contributed by atoms with E-state index >= 15 is 0 Å². The third-order valence-corrected chi connectivity index (χ3v) is 5.47. The number of rotatable bonds is 5. The molecule has 2 amide bonds. The van der Waals surface area contributed by atoms with Gasteiger partial charge >= 0.3 is 0 Å². The van der Waals surface area contributed by atoms with Gasteiger partial charge in [0.05, 0.1) is 0 Å². The van der Waals surface area contributed by atoms with Crippen LogP contribution in [0.1, 0.15) is 16.8 Å². The first-order valence-electron chi connectivity index (χ1n) is 8.78. The number of hydrogen-bond donors (Lipinski definition) is 1. The number of carbonyl (C=O) groups excluding carboxylic acids is 2. The number of phenols is 1. The SMILES string of the molecule is O=C(CCSc1ccccc1F)N1CCN(C(=O)c2cccc(O)c2)CC1. The summed E-state index contributed by atoms with van der Waals surface area (Å²) >= 11 is 1.33. The third-order valence-electron chi connectivity index (χ3n) is 4.42. The Hall–Kier alpha value is -2.54. The maximum atomic E-state index is 13.6. The second-order valence-electron chi connectivity index (χ2n) is 6.25. The van der Waals surface area contributed by atoms with E-state index in [1.54, 1.807) is 40.1 Å². The van der Waals surface area contributed by atoms with Gasteiger partial charge in [-0.15, -0.1) is 11.8 Å². The lowest BCUT2D eigenvalue weighted by Crippen LogP contribution is -2.50. The van der Waals surface area contributed by atoms with Gasteiger partial charge in [0, 0.05) is 48.8 Å². The highest BCUT2D eigenvalue weighted by Gasteiger charge is 2.24. The first-order valence-corrected chi connectivity index (χ1v) is 9.76. The van der Waals surface area contributed by atoms with Crippen LogP contribution in [0.4, 0.5) is 4.39 Å². The monoisotopic (exact) mass is 388 g/mol. The van der Waals surface area contributed by atoms with Crippen molar-refractivity contribution in [2.75, 3.05) is 31.9 Å². The van der Waals surface area contributed by atoms with Crippen molar-refractivity contribution in [3.63, 3.8) is 0 Å². The van der Waals surface area contributed by atoms with Crippen LogP contribution >= 0.6 is 11.8 Å². The number of benzene rings is 2. The Morgan fingerprint density at radius 2 is 1.70 bits per heavy atom. The molecule has 0 aliphatic carbocycles. The zero-order valence-corrected chi connectivity index (χ0v) is 15.6. The molecule has 2 aromatic rings. The van der Waals surface area contributed by atoms with Crippen LogP contribution in [0, 0.1) is 5.82 Å². The van der Waals surface area contributed by atoms with Gasteiger partial charge in [-0.1, -0.05) is 18.2 Å². The summed E-state index contributed by atoms with van der Waals surface area (Å²) in [5.74, 6) is 0.176. The number of halogens is 1.